The van der Waals surface area contributed by atoms with Crippen LogP contribution in [0.5, 0.6) is 0 Å². The molecule has 0 aliphatic heterocycles. The second-order valence-electron chi connectivity index (χ2n) is 7.75. The maximum Gasteiger partial charge on any atom is 0.407 e. The van der Waals surface area contributed by atoms with Gasteiger partial charge in [-0.2, -0.15) is 0 Å². The molecule has 24 heavy (non-hydrogen) atoms. The van der Waals surface area contributed by atoms with Crippen LogP contribution in [-0.4, -0.2) is 42.9 Å². The van der Waals surface area contributed by atoms with E-state index in [4.69, 9.17) is 9.47 Å². The van der Waals surface area contributed by atoms with Gasteiger partial charge < -0.3 is 20.1 Å². The molecule has 0 aromatic carbocycles. The normalized spacial score (nSPS) is 23.9. The summed E-state index contributed by atoms with van der Waals surface area (Å²) in [4.78, 5) is 23.8. The van der Waals surface area contributed by atoms with Gasteiger partial charge in [-0.1, -0.05) is 20.3 Å². The number of amides is 1. The Labute approximate surface area is 146 Å². The largest absolute Gasteiger partial charge is 0.468 e. The molecule has 2 N–H and O–H groups in total. The van der Waals surface area contributed by atoms with Crippen molar-refractivity contribution >= 4 is 12.1 Å². The lowest BCUT2D eigenvalue weighted by atomic mass is 9.89. The summed E-state index contributed by atoms with van der Waals surface area (Å²) in [6.07, 6.45) is 4.17. The van der Waals surface area contributed by atoms with E-state index in [1.165, 1.54) is 7.11 Å². The Balaban J connectivity index is 2.44. The van der Waals surface area contributed by atoms with Crippen LogP contribution in [0.1, 0.15) is 66.7 Å². The second kappa shape index (κ2) is 9.25. The van der Waals surface area contributed by atoms with Crippen molar-refractivity contribution in [1.82, 2.24) is 10.6 Å². The quantitative estimate of drug-likeness (QED) is 0.726. The standard InChI is InChI=1S/C18H34N2O4/c1-7-12(2)15(16(21)23-6)19-13-8-10-14(11-9-13)20-17(22)24-18(3,4)5/h12-15,19H,7-11H2,1-6H3,(H,20,22). The zero-order valence-corrected chi connectivity index (χ0v) is 16.0. The summed E-state index contributed by atoms with van der Waals surface area (Å²) in [6, 6.07) is 0.151. The number of ether oxygens (including phenoxy) is 2. The van der Waals surface area contributed by atoms with E-state index in [9.17, 15) is 9.59 Å². The Morgan fingerprint density at radius 3 is 2.12 bits per heavy atom. The molecule has 1 rings (SSSR count). The second-order valence-corrected chi connectivity index (χ2v) is 7.75. The van der Waals surface area contributed by atoms with Gasteiger partial charge in [-0.05, 0) is 52.4 Å². The number of hydrogen-bond donors (Lipinski definition) is 2. The number of nitrogens with one attached hydrogen (secondary N) is 2. The minimum absolute atomic E-state index is 0.137. The molecule has 1 fully saturated rings. The molecule has 1 aliphatic carbocycles. The van der Waals surface area contributed by atoms with E-state index in [2.05, 4.69) is 24.5 Å². The van der Waals surface area contributed by atoms with Gasteiger partial charge in [0.15, 0.2) is 0 Å². The highest BCUT2D eigenvalue weighted by Crippen LogP contribution is 2.21. The first-order valence-electron chi connectivity index (χ1n) is 8.99. The van der Waals surface area contributed by atoms with Gasteiger partial charge in [-0.25, -0.2) is 4.79 Å². The van der Waals surface area contributed by atoms with E-state index in [0.717, 1.165) is 32.1 Å². The zero-order valence-electron chi connectivity index (χ0n) is 16.0. The summed E-state index contributed by atoms with van der Waals surface area (Å²) in [5.74, 6) is 0.0356. The van der Waals surface area contributed by atoms with Crippen molar-refractivity contribution in [3.63, 3.8) is 0 Å². The summed E-state index contributed by atoms with van der Waals surface area (Å²) in [5.41, 5.74) is -0.479. The first-order valence-corrected chi connectivity index (χ1v) is 8.99. The minimum Gasteiger partial charge on any atom is -0.468 e. The Morgan fingerprint density at radius 2 is 1.67 bits per heavy atom. The highest BCUT2D eigenvalue weighted by atomic mass is 16.6. The van der Waals surface area contributed by atoms with Crippen molar-refractivity contribution in [2.45, 2.75) is 90.4 Å². The molecule has 0 heterocycles. The molecule has 0 spiro atoms. The fourth-order valence-corrected chi connectivity index (χ4v) is 2.96. The smallest absolute Gasteiger partial charge is 0.407 e. The summed E-state index contributed by atoms with van der Waals surface area (Å²) in [6.45, 7) is 9.70. The number of carbonyl (C=O) groups excluding carboxylic acids is 2. The van der Waals surface area contributed by atoms with Crippen molar-refractivity contribution in [3.8, 4) is 0 Å². The molecular formula is C18H34N2O4. The van der Waals surface area contributed by atoms with Gasteiger partial charge in [-0.3, -0.25) is 4.79 Å². The molecular weight excluding hydrogens is 308 g/mol. The van der Waals surface area contributed by atoms with Crippen LogP contribution in [0.3, 0.4) is 0 Å². The molecule has 0 radical (unpaired) electrons. The van der Waals surface area contributed by atoms with Crippen molar-refractivity contribution in [1.29, 1.82) is 0 Å². The molecule has 1 aliphatic rings. The third-order valence-corrected chi connectivity index (χ3v) is 4.53. The average Bonchev–Trinajstić information content (AvgIpc) is 2.50. The zero-order chi connectivity index (χ0) is 18.3. The summed E-state index contributed by atoms with van der Waals surface area (Å²) in [7, 11) is 1.43. The van der Waals surface area contributed by atoms with Crippen LogP contribution in [0.4, 0.5) is 4.79 Å². The minimum atomic E-state index is -0.479. The molecule has 6 nitrogen and oxygen atoms in total. The van der Waals surface area contributed by atoms with Crippen LogP contribution >= 0.6 is 0 Å². The van der Waals surface area contributed by atoms with Crippen LogP contribution < -0.4 is 10.6 Å². The summed E-state index contributed by atoms with van der Waals surface area (Å²) in [5, 5.41) is 6.39. The van der Waals surface area contributed by atoms with Gasteiger partial charge in [-0.15, -0.1) is 0 Å². The lowest BCUT2D eigenvalue weighted by Gasteiger charge is -2.33. The molecule has 1 saturated carbocycles. The Hall–Kier alpha value is -1.30. The van der Waals surface area contributed by atoms with E-state index in [0.29, 0.717) is 0 Å². The predicted molar refractivity (Wildman–Crippen MR) is 93.8 cm³/mol. The lowest BCUT2D eigenvalue weighted by molar-refractivity contribution is -0.144. The molecule has 0 aromatic heterocycles. The average molecular weight is 342 g/mol. The van der Waals surface area contributed by atoms with Gasteiger partial charge in [0.1, 0.15) is 11.6 Å². The molecule has 6 heteroatoms. The van der Waals surface area contributed by atoms with Crippen LogP contribution in [-0.2, 0) is 14.3 Å². The highest BCUT2D eigenvalue weighted by Gasteiger charge is 2.30. The Morgan fingerprint density at radius 1 is 1.12 bits per heavy atom. The fraction of sp³-hybridized carbons (Fsp3) is 0.889. The van der Waals surface area contributed by atoms with E-state index in [-0.39, 0.29) is 36.1 Å². The SMILES string of the molecule is CCC(C)C(NC1CCC(NC(=O)OC(C)(C)C)CC1)C(=O)OC. The van der Waals surface area contributed by atoms with E-state index < -0.39 is 5.60 Å². The number of hydrogen-bond acceptors (Lipinski definition) is 5. The van der Waals surface area contributed by atoms with Gasteiger partial charge in [0, 0.05) is 12.1 Å². The Kier molecular flexibility index (Phi) is 8.00. The molecule has 0 saturated heterocycles. The monoisotopic (exact) mass is 342 g/mol. The highest BCUT2D eigenvalue weighted by molar-refractivity contribution is 5.76. The van der Waals surface area contributed by atoms with Gasteiger partial charge in [0.05, 0.1) is 7.11 Å². The van der Waals surface area contributed by atoms with Gasteiger partial charge >= 0.3 is 12.1 Å². The number of rotatable bonds is 6. The predicted octanol–water partition coefficient (Wildman–Crippen LogP) is 3.00. The summed E-state index contributed by atoms with van der Waals surface area (Å²) < 4.78 is 10.2. The van der Waals surface area contributed by atoms with Crippen LogP contribution in [0, 0.1) is 5.92 Å². The number of carbonyl (C=O) groups is 2. The molecule has 140 valence electrons. The van der Waals surface area contributed by atoms with Crippen LogP contribution in [0.15, 0.2) is 0 Å². The molecule has 1 amide bonds. The number of alkyl carbamates (subject to hydrolysis) is 1. The number of esters is 1. The van der Waals surface area contributed by atoms with Crippen molar-refractivity contribution in [2.75, 3.05) is 7.11 Å². The van der Waals surface area contributed by atoms with Crippen molar-refractivity contribution in [3.05, 3.63) is 0 Å². The molecule has 0 aromatic rings. The third kappa shape index (κ3) is 7.07. The van der Waals surface area contributed by atoms with E-state index in [1.807, 2.05) is 20.8 Å². The van der Waals surface area contributed by atoms with Crippen molar-refractivity contribution in [2.24, 2.45) is 5.92 Å². The molecule has 0 bridgehead atoms. The first kappa shape index (κ1) is 20.7. The van der Waals surface area contributed by atoms with E-state index >= 15 is 0 Å². The molecule has 2 atom stereocenters. The lowest BCUT2D eigenvalue weighted by Crippen LogP contribution is -2.50. The van der Waals surface area contributed by atoms with E-state index in [1.54, 1.807) is 0 Å². The topological polar surface area (TPSA) is 76.7 Å². The third-order valence-electron chi connectivity index (χ3n) is 4.53. The summed E-state index contributed by atoms with van der Waals surface area (Å²) >= 11 is 0. The Bertz CT molecular complexity index is 412. The van der Waals surface area contributed by atoms with Gasteiger partial charge in [0.2, 0.25) is 0 Å². The van der Waals surface area contributed by atoms with Crippen LogP contribution in [0.25, 0.3) is 0 Å². The first-order chi connectivity index (χ1) is 11.2. The maximum absolute atomic E-state index is 12.0. The fourth-order valence-electron chi connectivity index (χ4n) is 2.96. The van der Waals surface area contributed by atoms with Crippen LogP contribution in [0.2, 0.25) is 0 Å². The van der Waals surface area contributed by atoms with Crippen molar-refractivity contribution < 1.29 is 19.1 Å². The maximum atomic E-state index is 12.0. The molecule has 2 unspecified atom stereocenters. The van der Waals surface area contributed by atoms with Gasteiger partial charge in [0.25, 0.3) is 0 Å². The number of methoxy groups -OCH3 is 1.